The van der Waals surface area contributed by atoms with Gasteiger partial charge in [0.15, 0.2) is 5.82 Å². The number of likely N-dealkylation sites (N-methyl/N-ethyl adjacent to an activating group) is 1. The topological polar surface area (TPSA) is 55.5 Å². The maximum atomic E-state index is 15.1. The van der Waals surface area contributed by atoms with Crippen molar-refractivity contribution in [3.8, 4) is 0 Å². The molecule has 160 valence electrons. The van der Waals surface area contributed by atoms with Crippen LogP contribution in [0, 0.1) is 5.82 Å². The van der Waals surface area contributed by atoms with E-state index in [1.807, 2.05) is 30.9 Å². The van der Waals surface area contributed by atoms with Gasteiger partial charge in [0.2, 0.25) is 5.95 Å². The fraction of sp³-hybridized carbons (Fsp3) is 0.455. The minimum atomic E-state index is -0.430. The molecule has 2 aliphatic heterocycles. The highest BCUT2D eigenvalue weighted by Gasteiger charge is 2.24. The van der Waals surface area contributed by atoms with E-state index in [1.165, 1.54) is 0 Å². The maximum Gasteiger partial charge on any atom is 0.270 e. The summed E-state index contributed by atoms with van der Waals surface area (Å²) in [6, 6.07) is 3.50. The number of fused-ring (bicyclic) bond motifs is 1. The predicted molar refractivity (Wildman–Crippen MR) is 113 cm³/mol. The Morgan fingerprint density at radius 1 is 1.17 bits per heavy atom. The van der Waals surface area contributed by atoms with E-state index in [-0.39, 0.29) is 22.9 Å². The molecule has 1 N–H and O–H groups in total. The summed E-state index contributed by atoms with van der Waals surface area (Å²) in [5.74, 6) is -0.667. The van der Waals surface area contributed by atoms with Gasteiger partial charge in [-0.3, -0.25) is 9.69 Å². The first-order valence-electron chi connectivity index (χ1n) is 10.3. The molecule has 1 fully saturated rings. The Morgan fingerprint density at radius 2 is 1.90 bits per heavy atom. The molecule has 1 saturated heterocycles. The Bertz CT molecular complexity index is 1070. The largest absolute Gasteiger partial charge is 0.365 e. The van der Waals surface area contributed by atoms with Gasteiger partial charge in [-0.15, -0.1) is 0 Å². The highest BCUT2D eigenvalue weighted by molar-refractivity contribution is 5.75. The highest BCUT2D eigenvalue weighted by Crippen LogP contribution is 2.24. The Balaban J connectivity index is 1.48. The van der Waals surface area contributed by atoms with E-state index in [4.69, 9.17) is 0 Å². The first-order valence-corrected chi connectivity index (χ1v) is 10.3. The molecule has 6 nitrogen and oxygen atoms in total. The molecule has 3 heterocycles. The number of nitrogens with zero attached hydrogens (tertiary/aromatic N) is 4. The van der Waals surface area contributed by atoms with Gasteiger partial charge < -0.3 is 14.8 Å². The van der Waals surface area contributed by atoms with Crippen molar-refractivity contribution in [3.63, 3.8) is 0 Å². The summed E-state index contributed by atoms with van der Waals surface area (Å²) < 4.78 is 29.5. The zero-order chi connectivity index (χ0) is 21.4. The van der Waals surface area contributed by atoms with Crippen LogP contribution in [0.1, 0.15) is 31.0 Å². The highest BCUT2D eigenvalue weighted by atomic mass is 19.1. The smallest absolute Gasteiger partial charge is 0.270 e. The Morgan fingerprint density at radius 3 is 2.60 bits per heavy atom. The van der Waals surface area contributed by atoms with Crippen molar-refractivity contribution in [1.29, 1.82) is 0 Å². The van der Waals surface area contributed by atoms with Crippen molar-refractivity contribution < 1.29 is 8.78 Å². The normalized spacial score (nSPS) is 18.2. The number of allylic oxidation sites excluding steroid dienone is 1. The number of aromatic amines is 1. The molecule has 4 rings (SSSR count). The SMILES string of the molecule is CC(C)c1nc2ccc(CN3CCN(C4=C(F)N(C)CC=C4)CC3)c(F)c2[nH]c1=O. The van der Waals surface area contributed by atoms with Crippen LogP contribution in [-0.4, -0.2) is 64.4 Å². The van der Waals surface area contributed by atoms with Crippen LogP contribution < -0.4 is 5.56 Å². The van der Waals surface area contributed by atoms with Crippen LogP contribution in [-0.2, 0) is 6.54 Å². The molecule has 0 aliphatic carbocycles. The molecule has 2 aromatic rings. The Hall–Kier alpha value is -2.74. The molecule has 0 spiro atoms. The van der Waals surface area contributed by atoms with E-state index in [0.717, 1.165) is 0 Å². The average Bonchev–Trinajstić information content (AvgIpc) is 2.73. The number of aromatic nitrogens is 2. The average molecular weight is 415 g/mol. The fourth-order valence-electron chi connectivity index (χ4n) is 3.98. The van der Waals surface area contributed by atoms with Gasteiger partial charge in [-0.1, -0.05) is 26.0 Å². The molecule has 0 unspecified atom stereocenters. The summed E-state index contributed by atoms with van der Waals surface area (Å²) in [6.45, 7) is 7.53. The molecule has 1 aromatic carbocycles. The molecule has 0 saturated carbocycles. The molecule has 0 amide bonds. The van der Waals surface area contributed by atoms with Crippen LogP contribution in [0.3, 0.4) is 0 Å². The third-order valence-corrected chi connectivity index (χ3v) is 5.77. The number of hydrogen-bond donors (Lipinski definition) is 1. The molecule has 2 aliphatic rings. The summed E-state index contributed by atoms with van der Waals surface area (Å²) in [4.78, 5) is 25.0. The van der Waals surface area contributed by atoms with Gasteiger partial charge in [0.05, 0.1) is 11.2 Å². The number of piperazine rings is 1. The van der Waals surface area contributed by atoms with Gasteiger partial charge >= 0.3 is 0 Å². The second-order valence-electron chi connectivity index (χ2n) is 8.26. The first-order chi connectivity index (χ1) is 14.3. The van der Waals surface area contributed by atoms with E-state index < -0.39 is 5.82 Å². The zero-order valence-corrected chi connectivity index (χ0v) is 17.6. The number of benzene rings is 1. The van der Waals surface area contributed by atoms with Crippen molar-refractivity contribution in [3.05, 3.63) is 63.4 Å². The molecule has 0 radical (unpaired) electrons. The number of rotatable bonds is 4. The minimum absolute atomic E-state index is 0.0315. The van der Waals surface area contributed by atoms with Crippen LogP contribution in [0.25, 0.3) is 11.0 Å². The second-order valence-corrected chi connectivity index (χ2v) is 8.26. The van der Waals surface area contributed by atoms with Crippen LogP contribution >= 0.6 is 0 Å². The van der Waals surface area contributed by atoms with Gasteiger partial charge in [0, 0.05) is 57.8 Å². The van der Waals surface area contributed by atoms with Crippen LogP contribution in [0.5, 0.6) is 0 Å². The zero-order valence-electron chi connectivity index (χ0n) is 17.6. The number of nitrogens with one attached hydrogen (secondary N) is 1. The summed E-state index contributed by atoms with van der Waals surface area (Å²) >= 11 is 0. The van der Waals surface area contributed by atoms with Crippen molar-refractivity contribution in [2.24, 2.45) is 0 Å². The third kappa shape index (κ3) is 3.84. The summed E-state index contributed by atoms with van der Waals surface area (Å²) in [5, 5.41) is 0. The molecule has 0 atom stereocenters. The lowest BCUT2D eigenvalue weighted by Crippen LogP contribution is -2.46. The van der Waals surface area contributed by atoms with E-state index in [0.29, 0.717) is 61.7 Å². The lowest BCUT2D eigenvalue weighted by atomic mass is 10.1. The van der Waals surface area contributed by atoms with Gasteiger partial charge in [-0.2, -0.15) is 4.39 Å². The maximum absolute atomic E-state index is 15.1. The summed E-state index contributed by atoms with van der Waals surface area (Å²) in [7, 11) is 1.74. The monoisotopic (exact) mass is 415 g/mol. The molecule has 1 aromatic heterocycles. The van der Waals surface area contributed by atoms with Crippen molar-refractivity contribution in [1.82, 2.24) is 24.7 Å². The number of hydrogen-bond acceptors (Lipinski definition) is 5. The quantitative estimate of drug-likeness (QED) is 0.779. The first kappa shape index (κ1) is 20.5. The van der Waals surface area contributed by atoms with Gasteiger partial charge in [0.25, 0.3) is 5.56 Å². The van der Waals surface area contributed by atoms with Crippen molar-refractivity contribution in [2.75, 3.05) is 39.8 Å². The number of H-pyrrole nitrogens is 1. The van der Waals surface area contributed by atoms with Gasteiger partial charge in [0.1, 0.15) is 11.2 Å². The van der Waals surface area contributed by atoms with E-state index in [2.05, 4.69) is 14.9 Å². The molecule has 30 heavy (non-hydrogen) atoms. The Labute approximate surface area is 174 Å². The summed E-state index contributed by atoms with van der Waals surface area (Å²) in [6.07, 6.45) is 3.79. The molecular formula is C22H27F2N5O. The molecule has 8 heteroatoms. The minimum Gasteiger partial charge on any atom is -0.365 e. The predicted octanol–water partition coefficient (Wildman–Crippen LogP) is 2.94. The van der Waals surface area contributed by atoms with Crippen molar-refractivity contribution >= 4 is 11.0 Å². The fourth-order valence-corrected chi connectivity index (χ4v) is 3.98. The van der Waals surface area contributed by atoms with Crippen LogP contribution in [0.15, 0.2) is 40.7 Å². The van der Waals surface area contributed by atoms with E-state index in [9.17, 15) is 9.18 Å². The second kappa shape index (κ2) is 8.18. The third-order valence-electron chi connectivity index (χ3n) is 5.77. The molecular weight excluding hydrogens is 388 g/mol. The van der Waals surface area contributed by atoms with Crippen LogP contribution in [0.2, 0.25) is 0 Å². The van der Waals surface area contributed by atoms with Gasteiger partial charge in [-0.25, -0.2) is 9.37 Å². The Kier molecular flexibility index (Phi) is 5.60. The lowest BCUT2D eigenvalue weighted by molar-refractivity contribution is 0.146. The van der Waals surface area contributed by atoms with Crippen LogP contribution in [0.4, 0.5) is 8.78 Å². The summed E-state index contributed by atoms with van der Waals surface area (Å²) in [5.41, 5.74) is 1.82. The standard InChI is InChI=1S/C22H27F2N5O/c1-14(2)19-22(30)26-20-16(25-19)7-6-15(18(20)23)13-28-9-11-29(12-10-28)17-5-4-8-27(3)21(17)24/h4-7,14H,8-13H2,1-3H3,(H,26,30). The number of halogens is 2. The van der Waals surface area contributed by atoms with E-state index in [1.54, 1.807) is 24.1 Å². The molecule has 0 bridgehead atoms. The van der Waals surface area contributed by atoms with Crippen molar-refractivity contribution in [2.45, 2.75) is 26.3 Å². The van der Waals surface area contributed by atoms with Gasteiger partial charge in [-0.05, 0) is 12.1 Å². The van der Waals surface area contributed by atoms with E-state index >= 15 is 4.39 Å². The lowest BCUT2D eigenvalue weighted by Gasteiger charge is -2.38.